The highest BCUT2D eigenvalue weighted by Crippen LogP contribution is 2.38. The zero-order valence-electron chi connectivity index (χ0n) is 11.9. The third kappa shape index (κ3) is 2.78. The minimum absolute atomic E-state index is 0.184. The van der Waals surface area contributed by atoms with Gasteiger partial charge in [0.1, 0.15) is 5.82 Å². The van der Waals surface area contributed by atoms with Gasteiger partial charge in [-0.2, -0.15) is 0 Å². The standard InChI is InChI=1S/C16H22BrFN2/c1-20-12-3-4-13(20)9-11(8-12)16(19)7-10-2-5-15(18)14(17)6-10/h2,5-6,11-13,16H,3-4,7-9,19H2,1H3. The van der Waals surface area contributed by atoms with Crippen LogP contribution in [0.4, 0.5) is 4.39 Å². The van der Waals surface area contributed by atoms with Crippen LogP contribution in [0.3, 0.4) is 0 Å². The molecule has 110 valence electrons. The normalized spacial score (nSPS) is 31.5. The Bertz CT molecular complexity index is 479. The Kier molecular flexibility index (Phi) is 4.16. The summed E-state index contributed by atoms with van der Waals surface area (Å²) in [6.45, 7) is 0. The summed E-state index contributed by atoms with van der Waals surface area (Å²) in [5.74, 6) is 0.396. The van der Waals surface area contributed by atoms with Crippen molar-refractivity contribution in [3.63, 3.8) is 0 Å². The number of hydrogen-bond donors (Lipinski definition) is 1. The molecule has 0 aliphatic carbocycles. The van der Waals surface area contributed by atoms with E-state index in [1.54, 1.807) is 0 Å². The molecule has 20 heavy (non-hydrogen) atoms. The van der Waals surface area contributed by atoms with Crippen LogP contribution in [0.15, 0.2) is 22.7 Å². The number of nitrogens with two attached hydrogens (primary N) is 1. The number of piperidine rings is 1. The van der Waals surface area contributed by atoms with Gasteiger partial charge in [-0.05, 0) is 78.7 Å². The van der Waals surface area contributed by atoms with Gasteiger partial charge >= 0.3 is 0 Å². The van der Waals surface area contributed by atoms with Crippen molar-refractivity contribution in [2.75, 3.05) is 7.05 Å². The van der Waals surface area contributed by atoms with E-state index in [9.17, 15) is 4.39 Å². The minimum atomic E-state index is -0.209. The monoisotopic (exact) mass is 340 g/mol. The summed E-state index contributed by atoms with van der Waals surface area (Å²) in [5.41, 5.74) is 7.56. The maximum atomic E-state index is 13.3. The molecule has 0 spiro atoms. The first-order valence-corrected chi connectivity index (χ1v) is 8.25. The molecule has 0 amide bonds. The predicted octanol–water partition coefficient (Wildman–Crippen LogP) is 3.33. The van der Waals surface area contributed by atoms with E-state index in [4.69, 9.17) is 5.73 Å². The molecule has 2 saturated heterocycles. The summed E-state index contributed by atoms with van der Waals surface area (Å²) in [5, 5.41) is 0. The average molecular weight is 341 g/mol. The SMILES string of the molecule is CN1C2CCC1CC(C(N)Cc1ccc(F)c(Br)c1)C2. The van der Waals surface area contributed by atoms with E-state index < -0.39 is 0 Å². The zero-order chi connectivity index (χ0) is 14.3. The Hall–Kier alpha value is -0.450. The second-order valence-corrected chi connectivity index (χ2v) is 7.25. The van der Waals surface area contributed by atoms with Crippen molar-refractivity contribution in [3.05, 3.63) is 34.1 Å². The molecule has 3 unspecified atom stereocenters. The topological polar surface area (TPSA) is 29.3 Å². The Morgan fingerprint density at radius 2 is 2.00 bits per heavy atom. The van der Waals surface area contributed by atoms with Crippen LogP contribution in [0.5, 0.6) is 0 Å². The second-order valence-electron chi connectivity index (χ2n) is 6.40. The Morgan fingerprint density at radius 1 is 1.35 bits per heavy atom. The van der Waals surface area contributed by atoms with Gasteiger partial charge in [-0.3, -0.25) is 0 Å². The summed E-state index contributed by atoms with van der Waals surface area (Å²) in [4.78, 5) is 2.54. The van der Waals surface area contributed by atoms with Crippen LogP contribution >= 0.6 is 15.9 Å². The van der Waals surface area contributed by atoms with Gasteiger partial charge in [0.05, 0.1) is 4.47 Å². The molecule has 3 rings (SSSR count). The van der Waals surface area contributed by atoms with Crippen LogP contribution in [0.1, 0.15) is 31.2 Å². The van der Waals surface area contributed by atoms with E-state index in [0.717, 1.165) is 24.1 Å². The first-order valence-electron chi connectivity index (χ1n) is 7.46. The predicted molar refractivity (Wildman–Crippen MR) is 83.1 cm³/mol. The number of nitrogens with zero attached hydrogens (tertiary/aromatic N) is 1. The summed E-state index contributed by atoms with van der Waals surface area (Å²) in [6, 6.07) is 6.87. The van der Waals surface area contributed by atoms with E-state index in [1.807, 2.05) is 12.1 Å². The Balaban J connectivity index is 1.65. The van der Waals surface area contributed by atoms with E-state index in [-0.39, 0.29) is 11.9 Å². The highest BCUT2D eigenvalue weighted by Gasteiger charge is 2.40. The maximum Gasteiger partial charge on any atom is 0.137 e. The van der Waals surface area contributed by atoms with Gasteiger partial charge in [-0.25, -0.2) is 4.39 Å². The molecule has 0 radical (unpaired) electrons. The van der Waals surface area contributed by atoms with Crippen LogP contribution < -0.4 is 5.73 Å². The molecule has 1 aromatic rings. The Labute approximate surface area is 128 Å². The summed E-state index contributed by atoms with van der Waals surface area (Å²) >= 11 is 3.25. The quantitative estimate of drug-likeness (QED) is 0.914. The molecule has 2 N–H and O–H groups in total. The number of fused-ring (bicyclic) bond motifs is 2. The third-order valence-electron chi connectivity index (χ3n) is 5.20. The van der Waals surface area contributed by atoms with E-state index in [2.05, 4.69) is 27.9 Å². The van der Waals surface area contributed by atoms with Crippen molar-refractivity contribution < 1.29 is 4.39 Å². The molecular formula is C16H22BrFN2. The molecule has 2 fully saturated rings. The molecule has 1 aromatic carbocycles. The third-order valence-corrected chi connectivity index (χ3v) is 5.80. The lowest BCUT2D eigenvalue weighted by Gasteiger charge is -2.38. The fourth-order valence-corrected chi connectivity index (χ4v) is 4.33. The number of benzene rings is 1. The van der Waals surface area contributed by atoms with Crippen LogP contribution in [-0.2, 0) is 6.42 Å². The molecule has 2 aliphatic heterocycles. The van der Waals surface area contributed by atoms with Crippen molar-refractivity contribution in [2.45, 2.75) is 50.2 Å². The van der Waals surface area contributed by atoms with Gasteiger partial charge in [0.15, 0.2) is 0 Å². The number of hydrogen-bond acceptors (Lipinski definition) is 2. The number of rotatable bonds is 3. The van der Waals surface area contributed by atoms with Gasteiger partial charge < -0.3 is 10.6 Å². The first-order chi connectivity index (χ1) is 9.54. The second kappa shape index (κ2) is 5.74. The lowest BCUT2D eigenvalue weighted by atomic mass is 9.83. The first kappa shape index (κ1) is 14.5. The van der Waals surface area contributed by atoms with E-state index in [0.29, 0.717) is 10.4 Å². The van der Waals surface area contributed by atoms with Crippen LogP contribution in [0.25, 0.3) is 0 Å². The van der Waals surface area contributed by atoms with Gasteiger partial charge in [-0.1, -0.05) is 6.07 Å². The van der Waals surface area contributed by atoms with Gasteiger partial charge in [-0.15, -0.1) is 0 Å². The summed E-state index contributed by atoms with van der Waals surface area (Å²) in [7, 11) is 2.25. The van der Waals surface area contributed by atoms with Gasteiger partial charge in [0, 0.05) is 18.1 Å². The summed E-state index contributed by atoms with van der Waals surface area (Å²) in [6.07, 6.45) is 5.93. The minimum Gasteiger partial charge on any atom is -0.327 e. The fourth-order valence-electron chi connectivity index (χ4n) is 3.91. The van der Waals surface area contributed by atoms with Crippen LogP contribution in [-0.4, -0.2) is 30.1 Å². The molecule has 0 aromatic heterocycles. The van der Waals surface area contributed by atoms with Gasteiger partial charge in [0.2, 0.25) is 0 Å². The average Bonchev–Trinajstić information content (AvgIpc) is 2.65. The van der Waals surface area contributed by atoms with Crippen molar-refractivity contribution in [1.82, 2.24) is 4.90 Å². The molecular weight excluding hydrogens is 319 g/mol. The smallest absolute Gasteiger partial charge is 0.137 e. The zero-order valence-corrected chi connectivity index (χ0v) is 13.4. The molecule has 0 saturated carbocycles. The number of halogens is 2. The van der Waals surface area contributed by atoms with Crippen molar-refractivity contribution in [2.24, 2.45) is 11.7 Å². The van der Waals surface area contributed by atoms with E-state index >= 15 is 0 Å². The molecule has 2 aliphatic rings. The molecule has 4 heteroatoms. The van der Waals surface area contributed by atoms with Crippen molar-refractivity contribution in [1.29, 1.82) is 0 Å². The molecule has 2 bridgehead atoms. The molecule has 2 nitrogen and oxygen atoms in total. The maximum absolute atomic E-state index is 13.3. The van der Waals surface area contributed by atoms with Crippen molar-refractivity contribution in [3.8, 4) is 0 Å². The van der Waals surface area contributed by atoms with E-state index in [1.165, 1.54) is 31.7 Å². The van der Waals surface area contributed by atoms with Crippen LogP contribution in [0, 0.1) is 11.7 Å². The highest BCUT2D eigenvalue weighted by atomic mass is 79.9. The lowest BCUT2D eigenvalue weighted by molar-refractivity contribution is 0.120. The largest absolute Gasteiger partial charge is 0.327 e. The highest BCUT2D eigenvalue weighted by molar-refractivity contribution is 9.10. The molecule has 3 atom stereocenters. The molecule has 2 heterocycles. The van der Waals surface area contributed by atoms with Gasteiger partial charge in [0.25, 0.3) is 0 Å². The van der Waals surface area contributed by atoms with Crippen LogP contribution in [0.2, 0.25) is 0 Å². The fraction of sp³-hybridized carbons (Fsp3) is 0.625. The summed E-state index contributed by atoms with van der Waals surface area (Å²) < 4.78 is 13.8. The van der Waals surface area contributed by atoms with Crippen molar-refractivity contribution >= 4 is 15.9 Å². The lowest BCUT2D eigenvalue weighted by Crippen LogP contribution is -2.46. The Morgan fingerprint density at radius 3 is 2.60 bits per heavy atom.